The Labute approximate surface area is 115 Å². The SMILES string of the molecule is O=C(COc1ccc(O)cc1)Nc1cccc(Cl)c1. The summed E-state index contributed by atoms with van der Waals surface area (Å²) in [5.74, 6) is 0.380. The highest BCUT2D eigenvalue weighted by molar-refractivity contribution is 6.30. The smallest absolute Gasteiger partial charge is 0.262 e. The van der Waals surface area contributed by atoms with E-state index in [2.05, 4.69) is 5.32 Å². The number of benzene rings is 2. The molecule has 2 N–H and O–H groups in total. The molecule has 0 fully saturated rings. The molecule has 0 spiro atoms. The molecule has 0 aliphatic carbocycles. The van der Waals surface area contributed by atoms with Crippen LogP contribution in [0.3, 0.4) is 0 Å². The molecule has 0 aromatic heterocycles. The van der Waals surface area contributed by atoms with Gasteiger partial charge in [-0.25, -0.2) is 0 Å². The van der Waals surface area contributed by atoms with E-state index in [1.807, 2.05) is 0 Å². The van der Waals surface area contributed by atoms with Crippen LogP contribution in [0.5, 0.6) is 11.5 Å². The summed E-state index contributed by atoms with van der Waals surface area (Å²) >= 11 is 5.81. The van der Waals surface area contributed by atoms with E-state index in [4.69, 9.17) is 21.4 Å². The molecule has 2 rings (SSSR count). The van der Waals surface area contributed by atoms with Gasteiger partial charge < -0.3 is 15.2 Å². The number of aromatic hydroxyl groups is 1. The van der Waals surface area contributed by atoms with Crippen LogP contribution in [-0.2, 0) is 4.79 Å². The first kappa shape index (κ1) is 13.2. The second kappa shape index (κ2) is 6.11. The van der Waals surface area contributed by atoms with Gasteiger partial charge in [0.25, 0.3) is 5.91 Å². The molecular weight excluding hydrogens is 266 g/mol. The summed E-state index contributed by atoms with van der Waals surface area (Å²) in [5.41, 5.74) is 0.617. The van der Waals surface area contributed by atoms with E-state index >= 15 is 0 Å². The zero-order valence-corrected chi connectivity index (χ0v) is 10.7. The number of halogens is 1. The van der Waals surface area contributed by atoms with Crippen molar-refractivity contribution < 1.29 is 14.6 Å². The fourth-order valence-corrected chi connectivity index (χ4v) is 1.64. The minimum atomic E-state index is -0.282. The molecule has 19 heavy (non-hydrogen) atoms. The number of amides is 1. The molecule has 0 aliphatic rings. The van der Waals surface area contributed by atoms with Gasteiger partial charge in [-0.05, 0) is 42.5 Å². The van der Waals surface area contributed by atoms with Gasteiger partial charge in [0.05, 0.1) is 0 Å². The van der Waals surface area contributed by atoms with Crippen molar-refractivity contribution in [1.29, 1.82) is 0 Å². The Morgan fingerprint density at radius 3 is 2.63 bits per heavy atom. The topological polar surface area (TPSA) is 58.6 Å². The molecular formula is C14H12ClNO3. The molecule has 0 radical (unpaired) electrons. The lowest BCUT2D eigenvalue weighted by molar-refractivity contribution is -0.118. The monoisotopic (exact) mass is 277 g/mol. The standard InChI is InChI=1S/C14H12ClNO3/c15-10-2-1-3-11(8-10)16-14(18)9-19-13-6-4-12(17)5-7-13/h1-8,17H,9H2,(H,16,18). The Balaban J connectivity index is 1.86. The fourth-order valence-electron chi connectivity index (χ4n) is 1.45. The highest BCUT2D eigenvalue weighted by atomic mass is 35.5. The summed E-state index contributed by atoms with van der Waals surface area (Å²) in [6.07, 6.45) is 0. The first-order valence-electron chi connectivity index (χ1n) is 5.61. The van der Waals surface area contributed by atoms with Crippen LogP contribution >= 0.6 is 11.6 Å². The summed E-state index contributed by atoms with van der Waals surface area (Å²) in [6.45, 7) is -0.114. The molecule has 5 heteroatoms. The van der Waals surface area contributed by atoms with Gasteiger partial charge in [0.2, 0.25) is 0 Å². The van der Waals surface area contributed by atoms with E-state index in [9.17, 15) is 4.79 Å². The lowest BCUT2D eigenvalue weighted by Gasteiger charge is -2.07. The van der Waals surface area contributed by atoms with E-state index in [0.717, 1.165) is 0 Å². The third kappa shape index (κ3) is 4.19. The van der Waals surface area contributed by atoms with Crippen LogP contribution in [0.25, 0.3) is 0 Å². The zero-order chi connectivity index (χ0) is 13.7. The molecule has 0 saturated carbocycles. The van der Waals surface area contributed by atoms with Gasteiger partial charge in [-0.2, -0.15) is 0 Å². The number of hydrogen-bond donors (Lipinski definition) is 2. The second-order valence-electron chi connectivity index (χ2n) is 3.84. The van der Waals surface area contributed by atoms with Crippen molar-refractivity contribution in [2.24, 2.45) is 0 Å². The van der Waals surface area contributed by atoms with E-state index in [1.54, 1.807) is 36.4 Å². The van der Waals surface area contributed by atoms with Gasteiger partial charge in [0.15, 0.2) is 6.61 Å². The molecule has 1 amide bonds. The Hall–Kier alpha value is -2.20. The minimum Gasteiger partial charge on any atom is -0.508 e. The zero-order valence-electron chi connectivity index (χ0n) is 9.97. The third-order valence-electron chi connectivity index (χ3n) is 2.32. The number of carbonyl (C=O) groups excluding carboxylic acids is 1. The Kier molecular flexibility index (Phi) is 4.26. The third-order valence-corrected chi connectivity index (χ3v) is 2.55. The van der Waals surface area contributed by atoms with Gasteiger partial charge in [0.1, 0.15) is 11.5 Å². The second-order valence-corrected chi connectivity index (χ2v) is 4.28. The molecule has 0 saturated heterocycles. The molecule has 2 aromatic rings. The number of phenols is 1. The van der Waals surface area contributed by atoms with Crippen molar-refractivity contribution in [2.75, 3.05) is 11.9 Å². The average Bonchev–Trinajstić information content (AvgIpc) is 2.38. The molecule has 0 unspecified atom stereocenters. The molecule has 0 bridgehead atoms. The lowest BCUT2D eigenvalue weighted by atomic mass is 10.3. The van der Waals surface area contributed by atoms with E-state index in [-0.39, 0.29) is 18.3 Å². The maximum Gasteiger partial charge on any atom is 0.262 e. The van der Waals surface area contributed by atoms with Crippen molar-refractivity contribution in [1.82, 2.24) is 0 Å². The van der Waals surface area contributed by atoms with E-state index < -0.39 is 0 Å². The first-order chi connectivity index (χ1) is 9.13. The van der Waals surface area contributed by atoms with Crippen LogP contribution < -0.4 is 10.1 Å². The summed E-state index contributed by atoms with van der Waals surface area (Å²) in [7, 11) is 0. The van der Waals surface area contributed by atoms with Crippen molar-refractivity contribution >= 4 is 23.2 Å². The molecule has 2 aromatic carbocycles. The molecule has 98 valence electrons. The van der Waals surface area contributed by atoms with E-state index in [1.165, 1.54) is 12.1 Å². The van der Waals surface area contributed by atoms with Crippen LogP contribution in [0.4, 0.5) is 5.69 Å². The minimum absolute atomic E-state index is 0.114. The van der Waals surface area contributed by atoms with Gasteiger partial charge >= 0.3 is 0 Å². The fraction of sp³-hybridized carbons (Fsp3) is 0.0714. The number of carbonyl (C=O) groups is 1. The first-order valence-corrected chi connectivity index (χ1v) is 5.98. The predicted octanol–water partition coefficient (Wildman–Crippen LogP) is 3.06. The van der Waals surface area contributed by atoms with Crippen LogP contribution in [0.15, 0.2) is 48.5 Å². The van der Waals surface area contributed by atoms with Crippen molar-refractivity contribution in [3.8, 4) is 11.5 Å². The molecule has 0 aliphatic heterocycles. The van der Waals surface area contributed by atoms with Gasteiger partial charge in [-0.3, -0.25) is 4.79 Å². The van der Waals surface area contributed by atoms with Crippen LogP contribution in [-0.4, -0.2) is 17.6 Å². The summed E-state index contributed by atoms with van der Waals surface area (Å²) in [6, 6.07) is 13.0. The Morgan fingerprint density at radius 1 is 1.21 bits per heavy atom. The maximum absolute atomic E-state index is 11.6. The van der Waals surface area contributed by atoms with Crippen LogP contribution in [0.2, 0.25) is 5.02 Å². The predicted molar refractivity (Wildman–Crippen MR) is 73.7 cm³/mol. The highest BCUT2D eigenvalue weighted by Crippen LogP contribution is 2.17. The number of rotatable bonds is 4. The van der Waals surface area contributed by atoms with Crippen molar-refractivity contribution in [2.45, 2.75) is 0 Å². The molecule has 4 nitrogen and oxygen atoms in total. The number of phenolic OH excluding ortho intramolecular Hbond substituents is 1. The maximum atomic E-state index is 11.6. The highest BCUT2D eigenvalue weighted by Gasteiger charge is 2.04. The quantitative estimate of drug-likeness (QED) is 0.903. The summed E-state index contributed by atoms with van der Waals surface area (Å²) in [5, 5.41) is 12.3. The number of hydrogen-bond acceptors (Lipinski definition) is 3. The number of anilines is 1. The number of ether oxygens (including phenoxy) is 1. The Bertz CT molecular complexity index is 569. The largest absolute Gasteiger partial charge is 0.508 e. The van der Waals surface area contributed by atoms with E-state index in [0.29, 0.717) is 16.5 Å². The van der Waals surface area contributed by atoms with Crippen molar-refractivity contribution in [3.05, 3.63) is 53.6 Å². The summed E-state index contributed by atoms with van der Waals surface area (Å²) < 4.78 is 5.27. The number of nitrogens with one attached hydrogen (secondary N) is 1. The van der Waals surface area contributed by atoms with Gasteiger partial charge in [0, 0.05) is 10.7 Å². The molecule has 0 atom stereocenters. The van der Waals surface area contributed by atoms with Crippen LogP contribution in [0.1, 0.15) is 0 Å². The average molecular weight is 278 g/mol. The summed E-state index contributed by atoms with van der Waals surface area (Å²) in [4.78, 5) is 11.6. The van der Waals surface area contributed by atoms with Gasteiger partial charge in [-0.15, -0.1) is 0 Å². The van der Waals surface area contributed by atoms with Gasteiger partial charge in [-0.1, -0.05) is 17.7 Å². The normalized spacial score (nSPS) is 9.95. The molecule has 0 heterocycles. The van der Waals surface area contributed by atoms with Crippen molar-refractivity contribution in [3.63, 3.8) is 0 Å². The Morgan fingerprint density at radius 2 is 1.95 bits per heavy atom. The van der Waals surface area contributed by atoms with Crippen LogP contribution in [0, 0.1) is 0 Å². The lowest BCUT2D eigenvalue weighted by Crippen LogP contribution is -2.20.